The molecule has 2 aromatic rings. The first-order valence-electron chi connectivity index (χ1n) is 5.69. The first kappa shape index (κ1) is 13.4. The number of nitrogens with one attached hydrogen (secondary N) is 1. The maximum Gasteiger partial charge on any atom is 0.271 e. The Hall–Kier alpha value is -2.01. The molecule has 0 unspecified atom stereocenters. The van der Waals surface area contributed by atoms with Crippen molar-refractivity contribution in [1.29, 1.82) is 0 Å². The normalized spacial score (nSPS) is 10.3. The molecule has 0 fully saturated rings. The maximum atomic E-state index is 11.4. The molecule has 0 spiro atoms. The number of anilines is 1. The Balaban J connectivity index is 2.28. The Kier molecular flexibility index (Phi) is 4.06. The number of rotatable bonds is 4. The van der Waals surface area contributed by atoms with Crippen molar-refractivity contribution < 1.29 is 4.74 Å². The van der Waals surface area contributed by atoms with Crippen LogP contribution in [0.15, 0.2) is 35.4 Å². The second-order valence-electron chi connectivity index (χ2n) is 4.04. The van der Waals surface area contributed by atoms with E-state index in [0.717, 1.165) is 11.3 Å². The number of aromatic amines is 1. The predicted octanol–water partition coefficient (Wildman–Crippen LogP) is 2.07. The van der Waals surface area contributed by atoms with Crippen molar-refractivity contribution in [3.63, 3.8) is 0 Å². The lowest BCUT2D eigenvalue weighted by molar-refractivity contribution is 0.409. The molecule has 1 N–H and O–H groups in total. The molecular weight excluding hydrogens is 266 g/mol. The molecule has 2 rings (SSSR count). The van der Waals surface area contributed by atoms with Gasteiger partial charge < -0.3 is 14.6 Å². The third-order valence-electron chi connectivity index (χ3n) is 2.74. The quantitative estimate of drug-likeness (QED) is 0.931. The number of hydrogen-bond donors (Lipinski definition) is 1. The Morgan fingerprint density at radius 3 is 2.89 bits per heavy atom. The molecule has 0 saturated heterocycles. The van der Waals surface area contributed by atoms with Gasteiger partial charge in [-0.15, -0.1) is 0 Å². The van der Waals surface area contributed by atoms with E-state index in [1.165, 1.54) is 6.33 Å². The zero-order valence-electron chi connectivity index (χ0n) is 10.7. The summed E-state index contributed by atoms with van der Waals surface area (Å²) in [4.78, 5) is 19.8. The average Bonchev–Trinajstić information content (AvgIpc) is 2.42. The fourth-order valence-corrected chi connectivity index (χ4v) is 2.05. The topological polar surface area (TPSA) is 58.2 Å². The van der Waals surface area contributed by atoms with Gasteiger partial charge >= 0.3 is 0 Å². The lowest BCUT2D eigenvalue weighted by atomic mass is 10.2. The number of para-hydroxylation sites is 1. The van der Waals surface area contributed by atoms with Gasteiger partial charge in [0.05, 0.1) is 13.4 Å². The number of ether oxygens (including phenoxy) is 1. The number of benzene rings is 1. The van der Waals surface area contributed by atoms with E-state index in [1.54, 1.807) is 12.0 Å². The maximum absolute atomic E-state index is 11.4. The Labute approximate surface area is 115 Å². The van der Waals surface area contributed by atoms with Crippen molar-refractivity contribution in [1.82, 2.24) is 9.97 Å². The van der Waals surface area contributed by atoms with Crippen LogP contribution in [0.4, 0.5) is 5.82 Å². The SMILES string of the molecule is COc1ccccc1CN(C)c1nc[nH]c(=O)c1Cl. The van der Waals surface area contributed by atoms with Gasteiger partial charge in [0, 0.05) is 19.2 Å². The van der Waals surface area contributed by atoms with Crippen LogP contribution in [0, 0.1) is 0 Å². The lowest BCUT2D eigenvalue weighted by Gasteiger charge is -2.20. The minimum atomic E-state index is -0.349. The number of methoxy groups -OCH3 is 1. The van der Waals surface area contributed by atoms with Gasteiger partial charge in [0.15, 0.2) is 5.82 Å². The molecular formula is C13H14ClN3O2. The van der Waals surface area contributed by atoms with Crippen LogP contribution in [0.1, 0.15) is 5.56 Å². The third-order valence-corrected chi connectivity index (χ3v) is 3.08. The highest BCUT2D eigenvalue weighted by Crippen LogP contribution is 2.23. The molecule has 1 aromatic heterocycles. The molecule has 0 radical (unpaired) electrons. The molecule has 1 heterocycles. The summed E-state index contributed by atoms with van der Waals surface area (Å²) in [6, 6.07) is 7.67. The molecule has 0 aliphatic rings. The summed E-state index contributed by atoms with van der Waals surface area (Å²) < 4.78 is 5.29. The smallest absolute Gasteiger partial charge is 0.271 e. The van der Waals surface area contributed by atoms with Gasteiger partial charge in [-0.3, -0.25) is 4.79 Å². The summed E-state index contributed by atoms with van der Waals surface area (Å²) in [5.41, 5.74) is 0.643. The largest absolute Gasteiger partial charge is 0.496 e. The van der Waals surface area contributed by atoms with E-state index < -0.39 is 0 Å². The lowest BCUT2D eigenvalue weighted by Crippen LogP contribution is -2.22. The Bertz CT molecular complexity index is 627. The fraction of sp³-hybridized carbons (Fsp3) is 0.231. The molecule has 100 valence electrons. The van der Waals surface area contributed by atoms with Crippen molar-refractivity contribution in [2.45, 2.75) is 6.54 Å². The molecule has 0 aliphatic carbocycles. The number of H-pyrrole nitrogens is 1. The summed E-state index contributed by atoms with van der Waals surface area (Å²) in [6.07, 6.45) is 1.34. The van der Waals surface area contributed by atoms with Gasteiger partial charge in [-0.2, -0.15) is 0 Å². The van der Waals surface area contributed by atoms with E-state index in [4.69, 9.17) is 16.3 Å². The number of hydrogen-bond acceptors (Lipinski definition) is 4. The Morgan fingerprint density at radius 2 is 2.16 bits per heavy atom. The average molecular weight is 280 g/mol. The third kappa shape index (κ3) is 2.88. The van der Waals surface area contributed by atoms with Crippen LogP contribution >= 0.6 is 11.6 Å². The molecule has 5 nitrogen and oxygen atoms in total. The number of aromatic nitrogens is 2. The van der Waals surface area contributed by atoms with E-state index in [0.29, 0.717) is 12.4 Å². The zero-order valence-corrected chi connectivity index (χ0v) is 11.4. The van der Waals surface area contributed by atoms with Crippen LogP contribution in [0.25, 0.3) is 0 Å². The van der Waals surface area contributed by atoms with Crippen LogP contribution in [0.2, 0.25) is 5.02 Å². The van der Waals surface area contributed by atoms with E-state index in [2.05, 4.69) is 9.97 Å². The van der Waals surface area contributed by atoms with Gasteiger partial charge in [0.1, 0.15) is 10.8 Å². The Morgan fingerprint density at radius 1 is 1.42 bits per heavy atom. The van der Waals surface area contributed by atoms with Gasteiger partial charge in [-0.1, -0.05) is 29.8 Å². The van der Waals surface area contributed by atoms with Gasteiger partial charge in [0.2, 0.25) is 0 Å². The van der Waals surface area contributed by atoms with Crippen LogP contribution in [0.3, 0.4) is 0 Å². The molecule has 6 heteroatoms. The predicted molar refractivity (Wildman–Crippen MR) is 75.0 cm³/mol. The monoisotopic (exact) mass is 279 g/mol. The summed E-state index contributed by atoms with van der Waals surface area (Å²) >= 11 is 5.95. The minimum absolute atomic E-state index is 0.0832. The van der Waals surface area contributed by atoms with Crippen LogP contribution in [-0.2, 0) is 6.54 Å². The summed E-state index contributed by atoms with van der Waals surface area (Å²) in [5.74, 6) is 1.23. The van der Waals surface area contributed by atoms with E-state index in [1.807, 2.05) is 31.3 Å². The van der Waals surface area contributed by atoms with Crippen LogP contribution in [0.5, 0.6) is 5.75 Å². The standard InChI is InChI=1S/C13H14ClN3O2/c1-17(12-11(14)13(18)16-8-15-12)7-9-5-3-4-6-10(9)19-2/h3-6,8H,7H2,1-2H3,(H,15,16,18). The van der Waals surface area contributed by atoms with Gasteiger partial charge in [0.25, 0.3) is 5.56 Å². The van der Waals surface area contributed by atoms with Crippen molar-refractivity contribution in [2.75, 3.05) is 19.1 Å². The fourth-order valence-electron chi connectivity index (χ4n) is 1.80. The van der Waals surface area contributed by atoms with E-state index >= 15 is 0 Å². The molecule has 0 atom stereocenters. The first-order chi connectivity index (χ1) is 9.13. The minimum Gasteiger partial charge on any atom is -0.496 e. The number of halogens is 1. The van der Waals surface area contributed by atoms with Crippen LogP contribution in [-0.4, -0.2) is 24.1 Å². The van der Waals surface area contributed by atoms with Crippen molar-refractivity contribution in [3.05, 3.63) is 51.5 Å². The van der Waals surface area contributed by atoms with Gasteiger partial charge in [-0.05, 0) is 6.07 Å². The molecule has 1 aromatic carbocycles. The van der Waals surface area contributed by atoms with Crippen molar-refractivity contribution in [2.24, 2.45) is 0 Å². The highest BCUT2D eigenvalue weighted by atomic mass is 35.5. The van der Waals surface area contributed by atoms with Crippen molar-refractivity contribution in [3.8, 4) is 5.75 Å². The molecule has 0 amide bonds. The molecule has 0 aliphatic heterocycles. The molecule has 0 saturated carbocycles. The number of nitrogens with zero attached hydrogens (tertiary/aromatic N) is 2. The van der Waals surface area contributed by atoms with E-state index in [9.17, 15) is 4.79 Å². The molecule has 0 bridgehead atoms. The first-order valence-corrected chi connectivity index (χ1v) is 6.07. The second-order valence-corrected chi connectivity index (χ2v) is 4.42. The molecule has 19 heavy (non-hydrogen) atoms. The zero-order chi connectivity index (χ0) is 13.8. The van der Waals surface area contributed by atoms with E-state index in [-0.39, 0.29) is 10.6 Å². The van der Waals surface area contributed by atoms with Crippen molar-refractivity contribution >= 4 is 17.4 Å². The highest BCUT2D eigenvalue weighted by Gasteiger charge is 2.12. The summed E-state index contributed by atoms with van der Waals surface area (Å²) in [5, 5.41) is 0.0832. The second kappa shape index (κ2) is 5.75. The summed E-state index contributed by atoms with van der Waals surface area (Å²) in [6.45, 7) is 0.542. The van der Waals surface area contributed by atoms with Gasteiger partial charge in [-0.25, -0.2) is 4.98 Å². The summed E-state index contributed by atoms with van der Waals surface area (Å²) in [7, 11) is 3.44. The highest BCUT2D eigenvalue weighted by molar-refractivity contribution is 6.32. The van der Waals surface area contributed by atoms with Crippen LogP contribution < -0.4 is 15.2 Å².